The van der Waals surface area contributed by atoms with Crippen molar-refractivity contribution in [2.45, 2.75) is 278 Å². The van der Waals surface area contributed by atoms with Gasteiger partial charge in [-0.2, -0.15) is 0 Å². The summed E-state index contributed by atoms with van der Waals surface area (Å²) in [6.07, 6.45) is 6.88. The molecule has 0 amide bonds. The quantitative estimate of drug-likeness (QED) is 0.159. The van der Waals surface area contributed by atoms with Crippen LogP contribution >= 0.6 is 0 Å². The smallest absolute Gasteiger partial charge is 0.252 e. The molecule has 3 nitrogen and oxygen atoms in total. The minimum atomic E-state index is -0.283. The summed E-state index contributed by atoms with van der Waals surface area (Å²) < 4.78 is 0. The van der Waals surface area contributed by atoms with Crippen molar-refractivity contribution in [2.24, 2.45) is 0 Å². The van der Waals surface area contributed by atoms with E-state index in [1.165, 1.54) is 135 Å². The third-order valence-electron chi connectivity index (χ3n) is 25.0. The lowest BCUT2D eigenvalue weighted by Crippen LogP contribution is -2.62. The molecule has 0 spiro atoms. The van der Waals surface area contributed by atoms with E-state index in [-0.39, 0.29) is 66.3 Å². The van der Waals surface area contributed by atoms with Crippen LogP contribution in [0.25, 0.3) is 11.1 Å². The molecule has 0 atom stereocenters. The topological polar surface area (TPSA) is 9.72 Å². The van der Waals surface area contributed by atoms with Gasteiger partial charge in [0.15, 0.2) is 0 Å². The Morgan fingerprint density at radius 2 is 0.726 bits per heavy atom. The molecule has 8 aromatic rings. The van der Waals surface area contributed by atoms with E-state index in [2.05, 4.69) is 328 Å². The van der Waals surface area contributed by atoms with Crippen LogP contribution in [-0.2, 0) is 59.6 Å². The summed E-state index contributed by atoms with van der Waals surface area (Å²) in [5.41, 5.74) is 34.8. The monoisotopic (exact) mass is 1260 g/mol. The maximum absolute atomic E-state index is 2.84. The molecule has 0 unspecified atom stereocenters. The van der Waals surface area contributed by atoms with Crippen LogP contribution in [0.1, 0.15) is 285 Å². The lowest BCUT2D eigenvalue weighted by Gasteiger charge is -2.49. The van der Waals surface area contributed by atoms with Crippen molar-refractivity contribution in [2.75, 3.05) is 14.7 Å². The standard InChI is InChI=1S/C91H112BN3/c1-81(2,3)55-27-32-58(33-28-55)93(59-34-29-56(30-35-59)82(4,5)6)61-49-76-80-77(50-61)95(73-40-39-64(84(10,11)12)79-78(73)62-37-31-57(83(7,8)9)47-65(62)91(79,25)26)75-54-70-68(88(19,20)44-46-90(70,23)24)52-72(75)92(80)71-51-67-69(89(21,22)45-43-87(67,17)18)53-74(71)94(76)60-36-38-63-66(48-60)86(15,16)42-41-85(63,13)14/h27-40,47-54H,41-46H2,1-26H3. The maximum Gasteiger partial charge on any atom is 0.252 e. The average Bonchev–Trinajstić information content (AvgIpc) is 1.52. The molecule has 6 aliphatic rings. The first-order valence-corrected chi connectivity index (χ1v) is 36.5. The van der Waals surface area contributed by atoms with Crippen LogP contribution in [0.15, 0.2) is 133 Å². The molecule has 0 bridgehead atoms. The highest BCUT2D eigenvalue weighted by Crippen LogP contribution is 2.61. The Hall–Kier alpha value is -6.78. The first kappa shape index (κ1) is 65.5. The van der Waals surface area contributed by atoms with Gasteiger partial charge in [0.25, 0.3) is 6.71 Å². The Kier molecular flexibility index (Phi) is 14.2. The summed E-state index contributed by atoms with van der Waals surface area (Å²) in [7, 11) is 0. The number of nitrogens with zero attached hydrogens (tertiary/aromatic N) is 3. The van der Waals surface area contributed by atoms with Crippen LogP contribution in [0.5, 0.6) is 0 Å². The van der Waals surface area contributed by atoms with Crippen molar-refractivity contribution in [3.63, 3.8) is 0 Å². The van der Waals surface area contributed by atoms with E-state index in [1.807, 2.05) is 0 Å². The van der Waals surface area contributed by atoms with Crippen molar-refractivity contribution in [1.29, 1.82) is 0 Å². The van der Waals surface area contributed by atoms with Crippen LogP contribution in [0.4, 0.5) is 51.2 Å². The zero-order chi connectivity index (χ0) is 68.6. The summed E-state index contributed by atoms with van der Waals surface area (Å²) in [5, 5.41) is 0. The third-order valence-corrected chi connectivity index (χ3v) is 25.0. The predicted molar refractivity (Wildman–Crippen MR) is 413 cm³/mol. The van der Waals surface area contributed by atoms with Crippen LogP contribution in [0, 0.1) is 0 Å². The lowest BCUT2D eigenvalue weighted by atomic mass is 9.32. The molecular weight excluding hydrogens is 1150 g/mol. The Bertz CT molecular complexity index is 4430. The molecule has 494 valence electrons. The van der Waals surface area contributed by atoms with Gasteiger partial charge in [0.05, 0.1) is 11.4 Å². The first-order valence-electron chi connectivity index (χ1n) is 36.5. The van der Waals surface area contributed by atoms with Crippen molar-refractivity contribution in [3.8, 4) is 11.1 Å². The molecule has 95 heavy (non-hydrogen) atoms. The molecule has 4 heteroatoms. The van der Waals surface area contributed by atoms with Gasteiger partial charge >= 0.3 is 0 Å². The van der Waals surface area contributed by atoms with Gasteiger partial charge in [0.1, 0.15) is 0 Å². The highest BCUT2D eigenvalue weighted by molar-refractivity contribution is 7.00. The van der Waals surface area contributed by atoms with Crippen molar-refractivity contribution in [1.82, 2.24) is 0 Å². The van der Waals surface area contributed by atoms with Crippen LogP contribution in [0.3, 0.4) is 0 Å². The number of rotatable bonds is 5. The second-order valence-electron chi connectivity index (χ2n) is 39.1. The molecular formula is C91H112BN3. The molecule has 14 rings (SSSR count). The molecule has 2 aliphatic heterocycles. The highest BCUT2D eigenvalue weighted by Gasteiger charge is 2.51. The van der Waals surface area contributed by atoms with Crippen LogP contribution in [0.2, 0.25) is 0 Å². The summed E-state index contributed by atoms with van der Waals surface area (Å²) in [5.74, 6) is 0. The first-order chi connectivity index (χ1) is 43.8. The maximum atomic E-state index is 2.84. The minimum absolute atomic E-state index is 0.00683. The van der Waals surface area contributed by atoms with Gasteiger partial charge in [-0.15, -0.1) is 0 Å². The summed E-state index contributed by atoms with van der Waals surface area (Å²) in [4.78, 5) is 8.24. The molecule has 0 N–H and O–H groups in total. The Morgan fingerprint density at radius 1 is 0.326 bits per heavy atom. The molecule has 0 saturated carbocycles. The van der Waals surface area contributed by atoms with E-state index >= 15 is 0 Å². The van der Waals surface area contributed by atoms with Gasteiger partial charge < -0.3 is 14.7 Å². The lowest BCUT2D eigenvalue weighted by molar-refractivity contribution is 0.332. The second kappa shape index (κ2) is 20.6. The van der Waals surface area contributed by atoms with Gasteiger partial charge in [-0.25, -0.2) is 0 Å². The number of hydrogen-bond donors (Lipinski definition) is 0. The largest absolute Gasteiger partial charge is 0.311 e. The van der Waals surface area contributed by atoms with Gasteiger partial charge in [0.2, 0.25) is 0 Å². The fourth-order valence-electron chi connectivity index (χ4n) is 18.4. The second-order valence-corrected chi connectivity index (χ2v) is 39.1. The molecule has 4 aliphatic carbocycles. The highest BCUT2D eigenvalue weighted by atomic mass is 15.2. The molecule has 0 saturated heterocycles. The average molecular weight is 1260 g/mol. The summed E-state index contributed by atoms with van der Waals surface area (Å²) in [6.45, 7) is 63.7. The number of anilines is 9. The number of hydrogen-bond acceptors (Lipinski definition) is 3. The Labute approximate surface area is 575 Å². The van der Waals surface area contributed by atoms with E-state index in [0.717, 1.165) is 49.2 Å². The summed E-state index contributed by atoms with van der Waals surface area (Å²) in [6, 6.07) is 55.8. The van der Waals surface area contributed by atoms with Gasteiger partial charge in [-0.3, -0.25) is 0 Å². The summed E-state index contributed by atoms with van der Waals surface area (Å²) >= 11 is 0. The van der Waals surface area contributed by atoms with E-state index in [0.29, 0.717) is 0 Å². The van der Waals surface area contributed by atoms with E-state index in [9.17, 15) is 0 Å². The zero-order valence-electron chi connectivity index (χ0n) is 63.4. The fraction of sp³-hybridized carbons (Fsp3) is 0.473. The minimum Gasteiger partial charge on any atom is -0.311 e. The number of fused-ring (bicyclic) bond motifs is 10. The molecule has 0 fully saturated rings. The van der Waals surface area contributed by atoms with Crippen molar-refractivity contribution in [3.05, 3.63) is 200 Å². The molecule has 2 heterocycles. The van der Waals surface area contributed by atoms with Crippen LogP contribution < -0.4 is 31.1 Å². The van der Waals surface area contributed by atoms with Crippen LogP contribution in [-0.4, -0.2) is 6.71 Å². The van der Waals surface area contributed by atoms with Gasteiger partial charge in [0, 0.05) is 50.8 Å². The van der Waals surface area contributed by atoms with E-state index in [1.54, 1.807) is 0 Å². The predicted octanol–water partition coefficient (Wildman–Crippen LogP) is 23.8. The Balaban J connectivity index is 1.19. The normalized spacial score (nSPS) is 19.5. The van der Waals surface area contributed by atoms with E-state index in [4.69, 9.17) is 0 Å². The molecule has 0 radical (unpaired) electrons. The third kappa shape index (κ3) is 10.2. The zero-order valence-corrected chi connectivity index (χ0v) is 63.4. The SMILES string of the molecule is CC(C)(C)c1ccc(N(c2ccc(C(C)(C)C)cc2)c2cc3c4c(c2)N(c2ccc(C(C)(C)C)c5c2-c2ccc(C(C)(C)C)cc2C5(C)C)c2cc5c(cc2B4c2cc4c(cc2N3c2ccc3c(c2)C(C)(C)CCC3(C)C)C(C)(C)CCC4(C)C)C(C)(C)CCC5(C)C)cc1. The number of benzene rings is 8. The fourth-order valence-corrected chi connectivity index (χ4v) is 18.4. The van der Waals surface area contributed by atoms with E-state index < -0.39 is 0 Å². The Morgan fingerprint density at radius 3 is 1.17 bits per heavy atom. The van der Waals surface area contributed by atoms with Crippen molar-refractivity contribution >= 4 is 74.3 Å². The van der Waals surface area contributed by atoms with Gasteiger partial charge in [-0.05, 0) is 248 Å². The van der Waals surface area contributed by atoms with Crippen molar-refractivity contribution < 1.29 is 0 Å². The molecule has 8 aromatic carbocycles. The molecule has 0 aromatic heterocycles. The van der Waals surface area contributed by atoms with Gasteiger partial charge in [-0.1, -0.05) is 247 Å².